The Bertz CT molecular complexity index is 155. The molecule has 1 atom stereocenters. The summed E-state index contributed by atoms with van der Waals surface area (Å²) < 4.78 is 11.2. The Morgan fingerprint density at radius 1 is 1.42 bits per heavy atom. The van der Waals surface area contributed by atoms with Crippen molar-refractivity contribution >= 4 is 0 Å². The van der Waals surface area contributed by atoms with Crippen molar-refractivity contribution in [1.29, 1.82) is 0 Å². The third kappa shape index (κ3) is 1.49. The van der Waals surface area contributed by atoms with E-state index in [1.54, 1.807) is 0 Å². The van der Waals surface area contributed by atoms with Gasteiger partial charge in [0.2, 0.25) is 0 Å². The van der Waals surface area contributed by atoms with Crippen LogP contribution in [0.3, 0.4) is 0 Å². The number of ether oxygens (including phenoxy) is 2. The van der Waals surface area contributed by atoms with Crippen LogP contribution < -0.4 is 0 Å². The third-order valence-corrected chi connectivity index (χ3v) is 2.84. The molecule has 1 spiro atoms. The molecule has 2 aliphatic rings. The van der Waals surface area contributed by atoms with Crippen LogP contribution in [0.25, 0.3) is 0 Å². The zero-order chi connectivity index (χ0) is 8.44. The Hall–Kier alpha value is -0.120. The molecule has 2 heterocycles. The van der Waals surface area contributed by atoms with Gasteiger partial charge in [0.1, 0.15) is 5.60 Å². The predicted octanol–water partition coefficient (Wildman–Crippen LogP) is 0.498. The molecule has 0 N–H and O–H groups in total. The van der Waals surface area contributed by atoms with E-state index in [9.17, 15) is 0 Å². The van der Waals surface area contributed by atoms with Gasteiger partial charge >= 0.3 is 0 Å². The molecule has 2 rings (SSSR count). The second-order valence-corrected chi connectivity index (χ2v) is 3.70. The second-order valence-electron chi connectivity index (χ2n) is 3.70. The Labute approximate surface area is 73.6 Å². The summed E-state index contributed by atoms with van der Waals surface area (Å²) in [4.78, 5) is 2.44. The van der Waals surface area contributed by atoms with Crippen LogP contribution in [0.15, 0.2) is 0 Å². The van der Waals surface area contributed by atoms with Crippen molar-refractivity contribution in [2.75, 3.05) is 39.5 Å². The van der Waals surface area contributed by atoms with Gasteiger partial charge in [-0.1, -0.05) is 6.92 Å². The minimum absolute atomic E-state index is 0.0499. The lowest BCUT2D eigenvalue weighted by Gasteiger charge is -2.38. The Morgan fingerprint density at radius 3 is 3.00 bits per heavy atom. The predicted molar refractivity (Wildman–Crippen MR) is 46.2 cm³/mol. The monoisotopic (exact) mass is 171 g/mol. The van der Waals surface area contributed by atoms with Crippen molar-refractivity contribution in [2.24, 2.45) is 0 Å². The van der Waals surface area contributed by atoms with E-state index < -0.39 is 0 Å². The molecule has 0 radical (unpaired) electrons. The molecule has 0 aliphatic carbocycles. The highest BCUT2D eigenvalue weighted by Gasteiger charge is 2.39. The van der Waals surface area contributed by atoms with Crippen LogP contribution in [-0.2, 0) is 9.47 Å². The highest BCUT2D eigenvalue weighted by atomic mass is 16.6. The second kappa shape index (κ2) is 3.32. The van der Waals surface area contributed by atoms with Gasteiger partial charge in [-0.15, -0.1) is 0 Å². The molecule has 70 valence electrons. The zero-order valence-electron chi connectivity index (χ0n) is 7.71. The number of likely N-dealkylation sites (N-methyl/N-ethyl adjacent to an activating group) is 1. The van der Waals surface area contributed by atoms with E-state index in [2.05, 4.69) is 11.8 Å². The SMILES string of the molecule is CCN1CCO[C@]2(CCOC2)C1. The summed E-state index contributed by atoms with van der Waals surface area (Å²) in [5.74, 6) is 0. The van der Waals surface area contributed by atoms with Gasteiger partial charge in [-0.2, -0.15) is 0 Å². The van der Waals surface area contributed by atoms with Crippen LogP contribution in [0.4, 0.5) is 0 Å². The highest BCUT2D eigenvalue weighted by molar-refractivity contribution is 4.90. The zero-order valence-corrected chi connectivity index (χ0v) is 7.71. The molecular formula is C9H17NO2. The van der Waals surface area contributed by atoms with Crippen molar-refractivity contribution in [1.82, 2.24) is 4.90 Å². The molecule has 0 amide bonds. The number of nitrogens with zero attached hydrogens (tertiary/aromatic N) is 1. The average molecular weight is 171 g/mol. The minimum atomic E-state index is 0.0499. The summed E-state index contributed by atoms with van der Waals surface area (Å²) in [5, 5.41) is 0. The Balaban J connectivity index is 1.97. The largest absolute Gasteiger partial charge is 0.378 e. The Kier molecular flexibility index (Phi) is 2.35. The lowest BCUT2D eigenvalue weighted by Crippen LogP contribution is -2.52. The number of hydrogen-bond acceptors (Lipinski definition) is 3. The van der Waals surface area contributed by atoms with E-state index in [0.29, 0.717) is 0 Å². The normalized spacial score (nSPS) is 37.8. The van der Waals surface area contributed by atoms with E-state index in [1.807, 2.05) is 0 Å². The van der Waals surface area contributed by atoms with E-state index in [4.69, 9.17) is 9.47 Å². The van der Waals surface area contributed by atoms with Crippen molar-refractivity contribution in [3.8, 4) is 0 Å². The lowest BCUT2D eigenvalue weighted by atomic mass is 10.0. The molecule has 2 saturated heterocycles. The number of hydrogen-bond donors (Lipinski definition) is 0. The first kappa shape index (κ1) is 8.48. The van der Waals surface area contributed by atoms with Gasteiger partial charge in [-0.05, 0) is 6.54 Å². The molecule has 0 aromatic heterocycles. The molecule has 0 aromatic carbocycles. The topological polar surface area (TPSA) is 21.7 Å². The maximum Gasteiger partial charge on any atom is 0.106 e. The quantitative estimate of drug-likeness (QED) is 0.573. The molecule has 0 bridgehead atoms. The van der Waals surface area contributed by atoms with E-state index in [1.165, 1.54) is 0 Å². The maximum absolute atomic E-state index is 5.79. The van der Waals surface area contributed by atoms with E-state index in [0.717, 1.165) is 45.9 Å². The summed E-state index contributed by atoms with van der Waals surface area (Å²) >= 11 is 0. The lowest BCUT2D eigenvalue weighted by molar-refractivity contribution is -0.108. The van der Waals surface area contributed by atoms with Crippen LogP contribution in [-0.4, -0.2) is 50.0 Å². The van der Waals surface area contributed by atoms with Crippen molar-refractivity contribution in [3.63, 3.8) is 0 Å². The first-order valence-electron chi connectivity index (χ1n) is 4.79. The van der Waals surface area contributed by atoms with Gasteiger partial charge in [-0.3, -0.25) is 4.90 Å². The van der Waals surface area contributed by atoms with Crippen molar-refractivity contribution in [3.05, 3.63) is 0 Å². The molecular weight excluding hydrogens is 154 g/mol. The van der Waals surface area contributed by atoms with Gasteiger partial charge in [0.05, 0.1) is 13.2 Å². The molecule has 0 aromatic rings. The van der Waals surface area contributed by atoms with Gasteiger partial charge in [-0.25, -0.2) is 0 Å². The summed E-state index contributed by atoms with van der Waals surface area (Å²) in [7, 11) is 0. The fourth-order valence-electron chi connectivity index (χ4n) is 2.02. The van der Waals surface area contributed by atoms with Crippen LogP contribution >= 0.6 is 0 Å². The maximum atomic E-state index is 5.79. The molecule has 3 heteroatoms. The highest BCUT2D eigenvalue weighted by Crippen LogP contribution is 2.26. The van der Waals surface area contributed by atoms with Crippen molar-refractivity contribution in [2.45, 2.75) is 18.9 Å². The van der Waals surface area contributed by atoms with E-state index >= 15 is 0 Å². The fraction of sp³-hybridized carbons (Fsp3) is 1.00. The van der Waals surface area contributed by atoms with Crippen LogP contribution in [0.1, 0.15) is 13.3 Å². The third-order valence-electron chi connectivity index (χ3n) is 2.84. The summed E-state index contributed by atoms with van der Waals surface area (Å²) in [6, 6.07) is 0. The fourth-order valence-corrected chi connectivity index (χ4v) is 2.02. The van der Waals surface area contributed by atoms with E-state index in [-0.39, 0.29) is 5.60 Å². The minimum Gasteiger partial charge on any atom is -0.378 e. The number of rotatable bonds is 1. The van der Waals surface area contributed by atoms with Crippen LogP contribution in [0.2, 0.25) is 0 Å². The summed E-state index contributed by atoms with van der Waals surface area (Å²) in [6.07, 6.45) is 1.07. The van der Waals surface area contributed by atoms with Crippen LogP contribution in [0.5, 0.6) is 0 Å². The first-order chi connectivity index (χ1) is 5.85. The van der Waals surface area contributed by atoms with Crippen LogP contribution in [0, 0.1) is 0 Å². The molecule has 3 nitrogen and oxygen atoms in total. The summed E-state index contributed by atoms with van der Waals surface area (Å²) in [6.45, 7) is 8.01. The molecule has 0 saturated carbocycles. The summed E-state index contributed by atoms with van der Waals surface area (Å²) in [5.41, 5.74) is 0.0499. The molecule has 12 heavy (non-hydrogen) atoms. The van der Waals surface area contributed by atoms with Gasteiger partial charge < -0.3 is 9.47 Å². The van der Waals surface area contributed by atoms with Gasteiger partial charge in [0.15, 0.2) is 0 Å². The number of morpholine rings is 1. The average Bonchev–Trinajstić information content (AvgIpc) is 2.53. The molecule has 0 unspecified atom stereocenters. The first-order valence-corrected chi connectivity index (χ1v) is 4.79. The molecule has 2 aliphatic heterocycles. The molecule has 2 fully saturated rings. The van der Waals surface area contributed by atoms with Crippen molar-refractivity contribution < 1.29 is 9.47 Å². The Morgan fingerprint density at radius 2 is 2.33 bits per heavy atom. The van der Waals surface area contributed by atoms with Gasteiger partial charge in [0, 0.05) is 26.1 Å². The smallest absolute Gasteiger partial charge is 0.106 e. The van der Waals surface area contributed by atoms with Gasteiger partial charge in [0.25, 0.3) is 0 Å². The standard InChI is InChI=1S/C9H17NO2/c1-2-10-4-6-12-9(7-10)3-5-11-8-9/h2-8H2,1H3/t9-/m1/s1.